The number of rotatable bonds is 6. The lowest BCUT2D eigenvalue weighted by atomic mass is 9.95. The van der Waals surface area contributed by atoms with Gasteiger partial charge < -0.3 is 19.9 Å². The van der Waals surface area contributed by atoms with E-state index in [1.54, 1.807) is 7.11 Å². The van der Waals surface area contributed by atoms with Crippen LogP contribution in [0.25, 0.3) is 0 Å². The molecule has 1 saturated heterocycles. The highest BCUT2D eigenvalue weighted by Gasteiger charge is 2.23. The van der Waals surface area contributed by atoms with Crippen molar-refractivity contribution in [3.63, 3.8) is 0 Å². The van der Waals surface area contributed by atoms with E-state index in [4.69, 9.17) is 9.47 Å². The molecule has 1 aromatic rings. The Labute approximate surface area is 128 Å². The van der Waals surface area contributed by atoms with Gasteiger partial charge in [-0.2, -0.15) is 0 Å². The van der Waals surface area contributed by atoms with Crippen molar-refractivity contribution >= 4 is 15.9 Å². The molecule has 20 heavy (non-hydrogen) atoms. The lowest BCUT2D eigenvalue weighted by molar-refractivity contribution is 0.113. The Kier molecular flexibility index (Phi) is 6.29. The molecule has 0 amide bonds. The van der Waals surface area contributed by atoms with Gasteiger partial charge in [0.1, 0.15) is 12.4 Å². The van der Waals surface area contributed by atoms with Crippen molar-refractivity contribution in [3.8, 4) is 5.75 Å². The fourth-order valence-corrected chi connectivity index (χ4v) is 2.94. The number of benzene rings is 1. The van der Waals surface area contributed by atoms with Crippen LogP contribution in [0.5, 0.6) is 5.75 Å². The van der Waals surface area contributed by atoms with E-state index in [0.717, 1.165) is 28.8 Å². The van der Waals surface area contributed by atoms with Gasteiger partial charge in [0, 0.05) is 13.2 Å². The van der Waals surface area contributed by atoms with Gasteiger partial charge in [-0.15, -0.1) is 0 Å². The Morgan fingerprint density at radius 3 is 2.90 bits per heavy atom. The molecule has 2 unspecified atom stereocenters. The van der Waals surface area contributed by atoms with E-state index in [1.807, 2.05) is 18.2 Å². The summed E-state index contributed by atoms with van der Waals surface area (Å²) >= 11 is 3.49. The minimum absolute atomic E-state index is 0.149. The fraction of sp³-hybridized carbons (Fsp3) is 0.600. The van der Waals surface area contributed by atoms with Gasteiger partial charge in [0.25, 0.3) is 0 Å². The van der Waals surface area contributed by atoms with Gasteiger partial charge in [-0.3, -0.25) is 0 Å². The second-order valence-corrected chi connectivity index (χ2v) is 5.89. The summed E-state index contributed by atoms with van der Waals surface area (Å²) in [5.74, 6) is 0.773. The Bertz CT molecular complexity index is 422. The predicted molar refractivity (Wildman–Crippen MR) is 82.1 cm³/mol. The number of halogens is 1. The Balaban J connectivity index is 1.99. The Morgan fingerprint density at radius 2 is 2.25 bits per heavy atom. The molecule has 0 bridgehead atoms. The average molecular weight is 344 g/mol. The summed E-state index contributed by atoms with van der Waals surface area (Å²) in [5.41, 5.74) is 0.912. The number of methoxy groups -OCH3 is 1. The minimum Gasteiger partial charge on any atom is -0.490 e. The maximum atomic E-state index is 10.4. The largest absolute Gasteiger partial charge is 0.490 e. The molecule has 1 aromatic carbocycles. The van der Waals surface area contributed by atoms with E-state index in [1.165, 1.54) is 12.8 Å². The molecule has 4 nitrogen and oxygen atoms in total. The predicted octanol–water partition coefficient (Wildman–Crippen LogP) is 2.65. The number of piperidine rings is 1. The van der Waals surface area contributed by atoms with E-state index in [0.29, 0.717) is 13.2 Å². The van der Waals surface area contributed by atoms with Crippen molar-refractivity contribution in [2.45, 2.75) is 31.4 Å². The van der Waals surface area contributed by atoms with Crippen LogP contribution < -0.4 is 10.1 Å². The van der Waals surface area contributed by atoms with Crippen LogP contribution in [0.1, 0.15) is 30.9 Å². The zero-order valence-corrected chi connectivity index (χ0v) is 13.4. The average Bonchev–Trinajstić information content (AvgIpc) is 2.49. The van der Waals surface area contributed by atoms with E-state index < -0.39 is 6.10 Å². The molecule has 1 aliphatic rings. The molecule has 1 aliphatic heterocycles. The van der Waals surface area contributed by atoms with Crippen molar-refractivity contribution in [1.29, 1.82) is 0 Å². The van der Waals surface area contributed by atoms with Crippen LogP contribution in [0.3, 0.4) is 0 Å². The molecule has 2 rings (SSSR count). The highest BCUT2D eigenvalue weighted by atomic mass is 79.9. The van der Waals surface area contributed by atoms with Crippen LogP contribution in [-0.4, -0.2) is 38.0 Å². The molecule has 2 atom stereocenters. The molecule has 5 heteroatoms. The normalized spacial score (nSPS) is 20.6. The van der Waals surface area contributed by atoms with Crippen LogP contribution >= 0.6 is 15.9 Å². The number of aliphatic hydroxyl groups excluding tert-OH is 1. The van der Waals surface area contributed by atoms with E-state index in [9.17, 15) is 5.11 Å². The monoisotopic (exact) mass is 343 g/mol. The molecule has 2 N–H and O–H groups in total. The fourth-order valence-electron chi connectivity index (χ4n) is 2.43. The zero-order valence-electron chi connectivity index (χ0n) is 11.8. The van der Waals surface area contributed by atoms with Crippen LogP contribution in [0.2, 0.25) is 0 Å². The first-order valence-electron chi connectivity index (χ1n) is 7.05. The van der Waals surface area contributed by atoms with Crippen molar-refractivity contribution in [2.75, 3.05) is 26.9 Å². The SMILES string of the molecule is COCCOc1ccc(C(O)C2CCCCN2)cc1Br. The zero-order chi connectivity index (χ0) is 14.4. The van der Waals surface area contributed by atoms with Gasteiger partial charge in [0.2, 0.25) is 0 Å². The highest BCUT2D eigenvalue weighted by molar-refractivity contribution is 9.10. The summed E-state index contributed by atoms with van der Waals surface area (Å²) in [7, 11) is 1.65. The lowest BCUT2D eigenvalue weighted by Gasteiger charge is -2.28. The molecule has 0 aliphatic carbocycles. The number of aliphatic hydroxyl groups is 1. The highest BCUT2D eigenvalue weighted by Crippen LogP contribution is 2.30. The molecule has 112 valence electrons. The van der Waals surface area contributed by atoms with Crippen molar-refractivity contribution < 1.29 is 14.6 Å². The van der Waals surface area contributed by atoms with Crippen LogP contribution in [0, 0.1) is 0 Å². The standard InChI is InChI=1S/C15H22BrNO3/c1-19-8-9-20-14-6-5-11(10-12(14)16)15(18)13-4-2-3-7-17-13/h5-6,10,13,15,17-18H,2-4,7-9H2,1H3. The molecule has 0 aromatic heterocycles. The molecule has 0 spiro atoms. The van der Waals surface area contributed by atoms with E-state index in [-0.39, 0.29) is 6.04 Å². The van der Waals surface area contributed by atoms with Crippen molar-refractivity contribution in [1.82, 2.24) is 5.32 Å². The van der Waals surface area contributed by atoms with Crippen molar-refractivity contribution in [2.24, 2.45) is 0 Å². The first kappa shape index (κ1) is 15.8. The smallest absolute Gasteiger partial charge is 0.133 e. The Morgan fingerprint density at radius 1 is 1.40 bits per heavy atom. The summed E-state index contributed by atoms with van der Waals surface area (Å²) in [6, 6.07) is 5.90. The summed E-state index contributed by atoms with van der Waals surface area (Å²) < 4.78 is 11.4. The number of hydrogen-bond acceptors (Lipinski definition) is 4. The molecule has 0 radical (unpaired) electrons. The topological polar surface area (TPSA) is 50.7 Å². The van der Waals surface area contributed by atoms with Gasteiger partial charge in [-0.1, -0.05) is 12.5 Å². The first-order valence-corrected chi connectivity index (χ1v) is 7.84. The number of nitrogens with one attached hydrogen (secondary N) is 1. The van der Waals surface area contributed by atoms with Crippen molar-refractivity contribution in [3.05, 3.63) is 28.2 Å². The summed E-state index contributed by atoms with van der Waals surface area (Å²) in [4.78, 5) is 0. The minimum atomic E-state index is -0.473. The summed E-state index contributed by atoms with van der Waals surface area (Å²) in [5, 5.41) is 13.8. The maximum Gasteiger partial charge on any atom is 0.133 e. The second kappa shape index (κ2) is 7.98. The number of hydrogen-bond donors (Lipinski definition) is 2. The molecular formula is C15H22BrNO3. The third-order valence-corrected chi connectivity index (χ3v) is 4.19. The van der Waals surface area contributed by atoms with Crippen LogP contribution in [-0.2, 0) is 4.74 Å². The molecular weight excluding hydrogens is 322 g/mol. The van der Waals surface area contributed by atoms with Gasteiger partial charge in [-0.05, 0) is 53.0 Å². The number of ether oxygens (including phenoxy) is 2. The molecule has 1 fully saturated rings. The van der Waals surface area contributed by atoms with Gasteiger partial charge in [-0.25, -0.2) is 0 Å². The third kappa shape index (κ3) is 4.19. The van der Waals surface area contributed by atoms with E-state index in [2.05, 4.69) is 21.2 Å². The summed E-state index contributed by atoms with van der Waals surface area (Å²) in [6.07, 6.45) is 2.91. The lowest BCUT2D eigenvalue weighted by Crippen LogP contribution is -2.38. The second-order valence-electron chi connectivity index (χ2n) is 5.03. The molecule has 1 heterocycles. The third-order valence-electron chi connectivity index (χ3n) is 3.57. The quantitative estimate of drug-likeness (QED) is 0.779. The summed E-state index contributed by atoms with van der Waals surface area (Å²) in [6.45, 7) is 2.06. The van der Waals surface area contributed by atoms with E-state index >= 15 is 0 Å². The van der Waals surface area contributed by atoms with Gasteiger partial charge >= 0.3 is 0 Å². The van der Waals surface area contributed by atoms with Crippen LogP contribution in [0.4, 0.5) is 0 Å². The van der Waals surface area contributed by atoms with Gasteiger partial charge in [0.05, 0.1) is 17.2 Å². The van der Waals surface area contributed by atoms with Crippen LogP contribution in [0.15, 0.2) is 22.7 Å². The Hall–Kier alpha value is -0.620. The molecule has 0 saturated carbocycles. The first-order chi connectivity index (χ1) is 9.72. The van der Waals surface area contributed by atoms with Gasteiger partial charge in [0.15, 0.2) is 0 Å². The maximum absolute atomic E-state index is 10.4.